The van der Waals surface area contributed by atoms with Crippen LogP contribution in [-0.2, 0) is 0 Å². The molecule has 0 radical (unpaired) electrons. The Hall–Kier alpha value is -4.54. The van der Waals surface area contributed by atoms with Crippen molar-refractivity contribution < 1.29 is 9.18 Å². The van der Waals surface area contributed by atoms with Gasteiger partial charge in [-0.1, -0.05) is 0 Å². The number of carbonyl (C=O) groups excluding carboxylic acids is 1. The van der Waals surface area contributed by atoms with Crippen molar-refractivity contribution in [2.24, 2.45) is 0 Å². The van der Waals surface area contributed by atoms with Crippen molar-refractivity contribution in [1.29, 1.82) is 10.5 Å². The molecule has 4 heterocycles. The molecule has 4 aromatic rings. The molecule has 36 heavy (non-hydrogen) atoms. The summed E-state index contributed by atoms with van der Waals surface area (Å²) in [5, 5.41) is 19.3. The van der Waals surface area contributed by atoms with Gasteiger partial charge in [0.1, 0.15) is 17.8 Å². The van der Waals surface area contributed by atoms with Gasteiger partial charge < -0.3 is 14.5 Å². The maximum atomic E-state index is 14.3. The molecular weight excluding hydrogens is 459 g/mol. The van der Waals surface area contributed by atoms with Crippen LogP contribution in [0.25, 0.3) is 22.3 Å². The van der Waals surface area contributed by atoms with Crippen molar-refractivity contribution in [3.63, 3.8) is 0 Å². The molecule has 1 aliphatic rings. The monoisotopic (exact) mass is 482 g/mol. The molecular formula is C26H23FN8O. The maximum absolute atomic E-state index is 14.3. The molecule has 9 nitrogen and oxygen atoms in total. The van der Waals surface area contributed by atoms with Gasteiger partial charge in [0.25, 0.3) is 5.91 Å². The highest BCUT2D eigenvalue weighted by Gasteiger charge is 2.26. The Morgan fingerprint density at radius 3 is 2.72 bits per heavy atom. The molecule has 0 saturated carbocycles. The number of aromatic amines is 1. The summed E-state index contributed by atoms with van der Waals surface area (Å²) < 4.78 is 16.3. The fourth-order valence-electron chi connectivity index (χ4n) is 4.61. The zero-order valence-corrected chi connectivity index (χ0v) is 19.4. The van der Waals surface area contributed by atoms with Gasteiger partial charge in [0.05, 0.1) is 41.4 Å². The van der Waals surface area contributed by atoms with Gasteiger partial charge in [0.2, 0.25) is 0 Å². The number of nitrogens with one attached hydrogen (secondary N) is 1. The average Bonchev–Trinajstić information content (AvgIpc) is 3.58. The highest BCUT2D eigenvalue weighted by atomic mass is 19.1. The summed E-state index contributed by atoms with van der Waals surface area (Å²) in [6, 6.07) is 11.9. The fraction of sp³-hybridized carbons (Fsp3) is 0.269. The first kappa shape index (κ1) is 23.2. The number of halogens is 1. The smallest absolute Gasteiger partial charge is 0.256 e. The van der Waals surface area contributed by atoms with Gasteiger partial charge >= 0.3 is 0 Å². The number of nitriles is 2. The lowest BCUT2D eigenvalue weighted by Crippen LogP contribution is -2.50. The second-order valence-corrected chi connectivity index (χ2v) is 8.72. The van der Waals surface area contributed by atoms with E-state index in [0.717, 1.165) is 28.4 Å². The minimum atomic E-state index is -0.681. The van der Waals surface area contributed by atoms with E-state index in [-0.39, 0.29) is 23.1 Å². The van der Waals surface area contributed by atoms with E-state index in [2.05, 4.69) is 25.9 Å². The third-order valence-corrected chi connectivity index (χ3v) is 6.55. The molecule has 1 fully saturated rings. The number of nitrogens with zero attached hydrogens (tertiary/aromatic N) is 7. The number of carbonyl (C=O) groups is 1. The quantitative estimate of drug-likeness (QED) is 0.450. The molecule has 1 atom stereocenters. The molecule has 10 heteroatoms. The van der Waals surface area contributed by atoms with Crippen molar-refractivity contribution in [1.82, 2.24) is 29.3 Å². The van der Waals surface area contributed by atoms with E-state index >= 15 is 0 Å². The van der Waals surface area contributed by atoms with Gasteiger partial charge in [-0.05, 0) is 30.3 Å². The molecule has 3 aromatic heterocycles. The zero-order valence-electron chi connectivity index (χ0n) is 19.4. The first-order valence-corrected chi connectivity index (χ1v) is 11.6. The lowest BCUT2D eigenvalue weighted by molar-refractivity contribution is 0.0615. The van der Waals surface area contributed by atoms with E-state index in [1.807, 2.05) is 41.4 Å². The second kappa shape index (κ2) is 9.98. The topological polar surface area (TPSA) is 118 Å². The van der Waals surface area contributed by atoms with Crippen LogP contribution in [0.15, 0.2) is 55.2 Å². The summed E-state index contributed by atoms with van der Waals surface area (Å²) in [7, 11) is 0. The third kappa shape index (κ3) is 4.54. The summed E-state index contributed by atoms with van der Waals surface area (Å²) in [6.45, 7) is 2.81. The summed E-state index contributed by atoms with van der Waals surface area (Å²) in [4.78, 5) is 28.4. The Kier molecular flexibility index (Phi) is 6.44. The van der Waals surface area contributed by atoms with Gasteiger partial charge in [-0.15, -0.1) is 0 Å². The molecule has 180 valence electrons. The molecule has 0 spiro atoms. The number of aromatic nitrogens is 4. The first-order valence-electron chi connectivity index (χ1n) is 11.6. The van der Waals surface area contributed by atoms with Crippen molar-refractivity contribution in [2.45, 2.75) is 12.5 Å². The van der Waals surface area contributed by atoms with Gasteiger partial charge in [-0.2, -0.15) is 10.5 Å². The van der Waals surface area contributed by atoms with E-state index < -0.39 is 5.82 Å². The van der Waals surface area contributed by atoms with Crippen molar-refractivity contribution >= 4 is 16.9 Å². The van der Waals surface area contributed by atoms with E-state index in [4.69, 9.17) is 5.26 Å². The van der Waals surface area contributed by atoms with Crippen LogP contribution in [0.2, 0.25) is 0 Å². The molecule has 0 unspecified atom stereocenters. The highest BCUT2D eigenvalue weighted by Crippen LogP contribution is 2.27. The van der Waals surface area contributed by atoms with E-state index in [1.54, 1.807) is 4.90 Å². The Balaban J connectivity index is 1.25. The molecule has 1 N–H and O–H groups in total. The number of hydrogen-bond acceptors (Lipinski definition) is 6. The molecule has 0 aliphatic carbocycles. The minimum Gasteiger partial charge on any atom is -0.348 e. The molecule has 0 bridgehead atoms. The van der Waals surface area contributed by atoms with Crippen LogP contribution in [0.1, 0.15) is 28.4 Å². The summed E-state index contributed by atoms with van der Waals surface area (Å²) in [5.74, 6) is -1.05. The Labute approximate surface area is 207 Å². The summed E-state index contributed by atoms with van der Waals surface area (Å²) >= 11 is 0. The lowest BCUT2D eigenvalue weighted by atomic mass is 10.1. The number of rotatable bonds is 6. The van der Waals surface area contributed by atoms with E-state index in [9.17, 15) is 14.4 Å². The van der Waals surface area contributed by atoms with E-state index in [1.165, 1.54) is 18.5 Å². The first-order chi connectivity index (χ1) is 17.6. The number of amides is 1. The number of hydrogen-bond donors (Lipinski definition) is 1. The van der Waals surface area contributed by atoms with Crippen LogP contribution in [0.4, 0.5) is 4.39 Å². The Bertz CT molecular complexity index is 1490. The fourth-order valence-corrected chi connectivity index (χ4v) is 4.61. The standard InChI is InChI=1S/C26H23FN8O/c27-23-13-18(14-29)1-2-21(23)26(36)34-11-9-33(10-12-34)16-20(3-6-28)35-8-5-19(15-35)24-22-4-7-30-25(22)32-17-31-24/h1-2,4-5,7-8,13,15,17,20H,3,9-12,16H2,(H,30,31,32)/t20-/m0/s1. The highest BCUT2D eigenvalue weighted by molar-refractivity contribution is 5.94. The summed E-state index contributed by atoms with van der Waals surface area (Å²) in [6.07, 6.45) is 7.67. The van der Waals surface area contributed by atoms with Gasteiger partial charge in [0, 0.05) is 62.3 Å². The minimum absolute atomic E-state index is 0.0223. The van der Waals surface area contributed by atoms with Crippen molar-refractivity contribution in [3.8, 4) is 23.4 Å². The number of H-pyrrole nitrogens is 1. The van der Waals surface area contributed by atoms with Crippen molar-refractivity contribution in [2.75, 3.05) is 32.7 Å². The van der Waals surface area contributed by atoms with Crippen LogP contribution in [0, 0.1) is 28.5 Å². The number of piperazine rings is 1. The van der Waals surface area contributed by atoms with Gasteiger partial charge in [0.15, 0.2) is 0 Å². The van der Waals surface area contributed by atoms with Crippen molar-refractivity contribution in [3.05, 3.63) is 72.2 Å². The molecule has 1 aliphatic heterocycles. The molecule has 1 aromatic carbocycles. The van der Waals surface area contributed by atoms with Crippen LogP contribution < -0.4 is 0 Å². The third-order valence-electron chi connectivity index (χ3n) is 6.55. The van der Waals surface area contributed by atoms with Gasteiger partial charge in [-0.25, -0.2) is 14.4 Å². The molecule has 5 rings (SSSR count). The average molecular weight is 483 g/mol. The Morgan fingerprint density at radius 2 is 1.97 bits per heavy atom. The van der Waals surface area contributed by atoms with Crippen LogP contribution in [0.3, 0.4) is 0 Å². The summed E-state index contributed by atoms with van der Waals surface area (Å²) in [5.41, 5.74) is 2.71. The predicted molar refractivity (Wildman–Crippen MR) is 130 cm³/mol. The van der Waals surface area contributed by atoms with Crippen LogP contribution in [0.5, 0.6) is 0 Å². The SMILES string of the molecule is N#CC[C@@H](CN1CCN(C(=O)c2ccc(C#N)cc2F)CC1)n1ccc(-c2ncnc3[nH]ccc23)c1. The molecule has 1 amide bonds. The number of benzene rings is 1. The second-order valence-electron chi connectivity index (χ2n) is 8.72. The van der Waals surface area contributed by atoms with Gasteiger partial charge in [-0.3, -0.25) is 9.69 Å². The maximum Gasteiger partial charge on any atom is 0.256 e. The number of fused-ring (bicyclic) bond motifs is 1. The molecule has 1 saturated heterocycles. The normalized spacial score (nSPS) is 14.9. The Morgan fingerprint density at radius 1 is 1.14 bits per heavy atom. The predicted octanol–water partition coefficient (Wildman–Crippen LogP) is 3.35. The largest absolute Gasteiger partial charge is 0.348 e. The zero-order chi connectivity index (χ0) is 25.1. The lowest BCUT2D eigenvalue weighted by Gasteiger charge is -2.36. The van der Waals surface area contributed by atoms with E-state index in [0.29, 0.717) is 39.1 Å². The van der Waals surface area contributed by atoms with Crippen LogP contribution in [-0.4, -0.2) is 67.9 Å². The van der Waals surface area contributed by atoms with Crippen LogP contribution >= 0.6 is 0 Å².